The first-order valence-corrected chi connectivity index (χ1v) is 3.20. The van der Waals surface area contributed by atoms with Gasteiger partial charge in [0.25, 0.3) is 0 Å². The lowest BCUT2D eigenvalue weighted by atomic mass is 10.1. The molecule has 0 spiro atoms. The van der Waals surface area contributed by atoms with Crippen LogP contribution in [0.4, 0.5) is 30.7 Å². The molecule has 6 nitrogen and oxygen atoms in total. The zero-order valence-corrected chi connectivity index (χ0v) is 7.13. The Labute approximate surface area is 85.9 Å². The second-order valence-corrected chi connectivity index (χ2v) is 2.32. The summed E-state index contributed by atoms with van der Waals surface area (Å²) < 4.78 is 83.2. The monoisotopic (exact) mass is 275 g/mol. The van der Waals surface area contributed by atoms with Gasteiger partial charge in [0.1, 0.15) is 0 Å². The molecule has 0 saturated heterocycles. The standard InChI is InChI=1S/C4F7NO5/c5-2(6,1(13)16-17-12(14)15)3(7,8)4(9,10)11. The molecule has 0 bridgehead atoms. The number of rotatable bonds is 4. The van der Waals surface area contributed by atoms with Crippen LogP contribution in [0.25, 0.3) is 0 Å². The smallest absolute Gasteiger partial charge is 0.253 e. The minimum absolute atomic E-state index is 2.01. The average Bonchev–Trinajstić information content (AvgIpc) is 2.11. The third kappa shape index (κ3) is 2.85. The molecule has 0 amide bonds. The topological polar surface area (TPSA) is 78.7 Å². The van der Waals surface area contributed by atoms with Crippen molar-refractivity contribution in [3.63, 3.8) is 0 Å². The van der Waals surface area contributed by atoms with E-state index in [1.807, 2.05) is 0 Å². The van der Waals surface area contributed by atoms with Crippen LogP contribution in [0.5, 0.6) is 0 Å². The van der Waals surface area contributed by atoms with Crippen molar-refractivity contribution in [2.75, 3.05) is 0 Å². The fraction of sp³-hybridized carbons (Fsp3) is 0.750. The molecule has 0 aliphatic rings. The number of hydrogen-bond acceptors (Lipinski definition) is 5. The van der Waals surface area contributed by atoms with Crippen molar-refractivity contribution >= 4 is 5.97 Å². The van der Waals surface area contributed by atoms with Crippen LogP contribution in [0.15, 0.2) is 0 Å². The van der Waals surface area contributed by atoms with Gasteiger partial charge in [-0.3, -0.25) is 4.89 Å². The predicted octanol–water partition coefficient (Wildman–Crippen LogP) is 1.49. The van der Waals surface area contributed by atoms with Crippen LogP contribution in [0.1, 0.15) is 0 Å². The molecule has 0 heterocycles. The molecular weight excluding hydrogens is 275 g/mol. The number of nitrogens with zero attached hydrogens (tertiary/aromatic N) is 1. The Hall–Kier alpha value is -1.82. The normalized spacial score (nSPS) is 13.1. The molecule has 0 saturated carbocycles. The van der Waals surface area contributed by atoms with E-state index < -0.39 is 29.1 Å². The summed E-state index contributed by atoms with van der Waals surface area (Å²) in [7, 11) is 0. The molecule has 0 aromatic heterocycles. The van der Waals surface area contributed by atoms with Crippen LogP contribution < -0.4 is 0 Å². The molecule has 0 radical (unpaired) electrons. The van der Waals surface area contributed by atoms with E-state index in [0.717, 1.165) is 0 Å². The minimum Gasteiger partial charge on any atom is -0.253 e. The van der Waals surface area contributed by atoms with Crippen molar-refractivity contribution in [1.29, 1.82) is 0 Å². The van der Waals surface area contributed by atoms with Crippen molar-refractivity contribution in [3.8, 4) is 0 Å². The highest BCUT2D eigenvalue weighted by atomic mass is 19.4. The van der Waals surface area contributed by atoms with Crippen LogP contribution in [0.2, 0.25) is 0 Å². The summed E-state index contributed by atoms with van der Waals surface area (Å²) >= 11 is 0. The summed E-state index contributed by atoms with van der Waals surface area (Å²) in [5, 5.41) is 7.31. The van der Waals surface area contributed by atoms with Crippen LogP contribution in [-0.4, -0.2) is 29.1 Å². The third-order valence-electron chi connectivity index (χ3n) is 1.18. The first-order valence-electron chi connectivity index (χ1n) is 3.20. The molecule has 13 heteroatoms. The molecule has 0 atom stereocenters. The van der Waals surface area contributed by atoms with Crippen LogP contribution in [0.3, 0.4) is 0 Å². The zero-order valence-electron chi connectivity index (χ0n) is 7.13. The summed E-state index contributed by atoms with van der Waals surface area (Å²) in [5.41, 5.74) is 0. The molecule has 0 aliphatic carbocycles. The lowest BCUT2D eigenvalue weighted by molar-refractivity contribution is -0.840. The van der Waals surface area contributed by atoms with E-state index in [4.69, 9.17) is 0 Å². The van der Waals surface area contributed by atoms with Crippen molar-refractivity contribution in [3.05, 3.63) is 10.1 Å². The van der Waals surface area contributed by atoms with Gasteiger partial charge >= 0.3 is 29.1 Å². The Morgan fingerprint density at radius 1 is 1.06 bits per heavy atom. The second kappa shape index (κ2) is 4.21. The first kappa shape index (κ1) is 15.2. The van der Waals surface area contributed by atoms with Crippen molar-refractivity contribution < 1.29 is 50.5 Å². The van der Waals surface area contributed by atoms with Gasteiger partial charge in [0, 0.05) is 0 Å². The Bertz CT molecular complexity index is 325. The van der Waals surface area contributed by atoms with Gasteiger partial charge in [-0.05, 0) is 0 Å². The number of carbonyl (C=O) groups is 1. The van der Waals surface area contributed by atoms with E-state index in [2.05, 4.69) is 9.88 Å². The number of alkyl halides is 7. The molecule has 0 unspecified atom stereocenters. The molecule has 0 rings (SSSR count). The summed E-state index contributed by atoms with van der Waals surface area (Å²) in [6.07, 6.45) is -6.76. The van der Waals surface area contributed by atoms with Crippen LogP contribution >= 0.6 is 0 Å². The molecule has 0 aromatic carbocycles. The maximum Gasteiger partial charge on any atom is 0.460 e. The van der Waals surface area contributed by atoms with Gasteiger partial charge < -0.3 is 0 Å². The van der Waals surface area contributed by atoms with Gasteiger partial charge in [0.15, 0.2) is 0 Å². The largest absolute Gasteiger partial charge is 0.460 e. The highest BCUT2D eigenvalue weighted by Crippen LogP contribution is 2.46. The van der Waals surface area contributed by atoms with E-state index in [1.54, 1.807) is 0 Å². The Morgan fingerprint density at radius 2 is 1.47 bits per heavy atom. The number of carbonyl (C=O) groups excluding carboxylic acids is 1. The van der Waals surface area contributed by atoms with E-state index in [9.17, 15) is 45.6 Å². The molecule has 17 heavy (non-hydrogen) atoms. The molecule has 0 aromatic rings. The highest BCUT2D eigenvalue weighted by Gasteiger charge is 2.77. The lowest BCUT2D eigenvalue weighted by Gasteiger charge is -2.25. The Kier molecular flexibility index (Phi) is 3.76. The quantitative estimate of drug-likeness (QED) is 0.336. The number of halogens is 7. The SMILES string of the molecule is O=C(OO[N+](=O)[O-])C(F)(F)C(F)(F)C(F)(F)F. The van der Waals surface area contributed by atoms with E-state index in [0.29, 0.717) is 0 Å². The average molecular weight is 275 g/mol. The summed E-state index contributed by atoms with van der Waals surface area (Å²) in [5.74, 6) is -16.7. The maximum atomic E-state index is 12.3. The fourth-order valence-corrected chi connectivity index (χ4v) is 0.423. The fourth-order valence-electron chi connectivity index (χ4n) is 0.423. The van der Waals surface area contributed by atoms with Gasteiger partial charge in [-0.1, -0.05) is 4.99 Å². The van der Waals surface area contributed by atoms with Gasteiger partial charge in [0.2, 0.25) is 0 Å². The molecule has 0 N–H and O–H groups in total. The van der Waals surface area contributed by atoms with Crippen molar-refractivity contribution in [2.45, 2.75) is 18.0 Å². The molecule has 100 valence electrons. The lowest BCUT2D eigenvalue weighted by Crippen LogP contribution is -2.56. The van der Waals surface area contributed by atoms with Gasteiger partial charge in [-0.15, -0.1) is 10.1 Å². The van der Waals surface area contributed by atoms with E-state index in [1.165, 1.54) is 0 Å². The Morgan fingerprint density at radius 3 is 1.76 bits per heavy atom. The van der Waals surface area contributed by atoms with E-state index in [-0.39, 0.29) is 0 Å². The van der Waals surface area contributed by atoms with Crippen molar-refractivity contribution in [1.82, 2.24) is 0 Å². The Balaban J connectivity index is 5.00. The predicted molar refractivity (Wildman–Crippen MR) is 30.1 cm³/mol. The molecule has 0 fully saturated rings. The summed E-state index contributed by atoms with van der Waals surface area (Å²) in [4.78, 5) is 24.4. The first-order chi connectivity index (χ1) is 7.34. The number of hydrogen-bond donors (Lipinski definition) is 0. The van der Waals surface area contributed by atoms with Crippen LogP contribution in [0, 0.1) is 10.1 Å². The summed E-state index contributed by atoms with van der Waals surface area (Å²) in [6, 6.07) is 0. The maximum absolute atomic E-state index is 12.3. The minimum atomic E-state index is -6.77. The second-order valence-electron chi connectivity index (χ2n) is 2.32. The van der Waals surface area contributed by atoms with Gasteiger partial charge in [-0.25, -0.2) is 4.79 Å². The van der Waals surface area contributed by atoms with Gasteiger partial charge in [0.05, 0.1) is 0 Å². The van der Waals surface area contributed by atoms with Gasteiger partial charge in [-0.2, -0.15) is 30.7 Å². The highest BCUT2D eigenvalue weighted by molar-refractivity contribution is 5.78. The molecule has 0 aliphatic heterocycles. The zero-order chi connectivity index (χ0) is 14.1. The third-order valence-corrected chi connectivity index (χ3v) is 1.18. The molecular formula is C4F7NO5. The summed E-state index contributed by atoms with van der Waals surface area (Å²) in [6.45, 7) is 0. The van der Waals surface area contributed by atoms with Crippen LogP contribution in [-0.2, 0) is 14.7 Å². The van der Waals surface area contributed by atoms with Crippen molar-refractivity contribution in [2.24, 2.45) is 0 Å². The van der Waals surface area contributed by atoms with E-state index >= 15 is 0 Å².